The maximum Gasteiger partial charge on any atom is 0.256 e. The average Bonchev–Trinajstić information content (AvgIpc) is 3.01. The lowest BCUT2D eigenvalue weighted by Crippen LogP contribution is -2.19. The van der Waals surface area contributed by atoms with Crippen molar-refractivity contribution in [1.29, 1.82) is 0 Å². The van der Waals surface area contributed by atoms with Crippen LogP contribution in [0.25, 0.3) is 0 Å². The number of halogens is 1. The smallest absolute Gasteiger partial charge is 0.256 e. The Hall–Kier alpha value is -1.86. The number of rotatable bonds is 3. The lowest BCUT2D eigenvalue weighted by Gasteiger charge is -2.13. The molecule has 3 rings (SSSR count). The highest BCUT2D eigenvalue weighted by Crippen LogP contribution is 2.27. The first-order chi connectivity index (χ1) is 10.8. The zero-order valence-corrected chi connectivity index (χ0v) is 14.1. The van der Waals surface area contributed by atoms with E-state index in [0.717, 1.165) is 5.69 Å². The largest absolute Gasteiger partial charge is 0.307 e. The van der Waals surface area contributed by atoms with Crippen LogP contribution in [-0.4, -0.2) is 35.6 Å². The number of anilines is 1. The van der Waals surface area contributed by atoms with Crippen LogP contribution in [-0.2, 0) is 9.84 Å². The minimum absolute atomic E-state index is 0.0498. The van der Waals surface area contributed by atoms with E-state index in [1.54, 1.807) is 41.9 Å². The molecule has 0 bridgehead atoms. The number of carbonyl (C=O) groups is 1. The second-order valence-electron chi connectivity index (χ2n) is 5.64. The number of sulfone groups is 1. The fraction of sp³-hybridized carbons (Fsp3) is 0.333. The number of hydrogen-bond acceptors (Lipinski definition) is 4. The van der Waals surface area contributed by atoms with Crippen LogP contribution in [0.15, 0.2) is 30.3 Å². The minimum atomic E-state index is -3.03. The highest BCUT2D eigenvalue weighted by atomic mass is 35.5. The Kier molecular flexibility index (Phi) is 4.16. The van der Waals surface area contributed by atoms with Crippen molar-refractivity contribution >= 4 is 33.2 Å². The quantitative estimate of drug-likeness (QED) is 0.919. The summed E-state index contributed by atoms with van der Waals surface area (Å²) in [6.07, 6.45) is 0.503. The van der Waals surface area contributed by atoms with Gasteiger partial charge in [0.15, 0.2) is 9.84 Å². The van der Waals surface area contributed by atoms with Crippen molar-refractivity contribution in [3.63, 3.8) is 0 Å². The predicted octanol–water partition coefficient (Wildman–Crippen LogP) is 2.46. The van der Waals surface area contributed by atoms with Crippen LogP contribution >= 0.6 is 11.6 Å². The molecule has 0 radical (unpaired) electrons. The number of nitrogens with zero attached hydrogens (tertiary/aromatic N) is 2. The van der Waals surface area contributed by atoms with E-state index in [4.69, 9.17) is 11.6 Å². The van der Waals surface area contributed by atoms with Gasteiger partial charge in [-0.2, -0.15) is 5.10 Å². The van der Waals surface area contributed by atoms with Crippen LogP contribution < -0.4 is 5.32 Å². The molecule has 1 amide bonds. The molecule has 0 spiro atoms. The molecule has 6 nitrogen and oxygen atoms in total. The van der Waals surface area contributed by atoms with Crippen molar-refractivity contribution in [3.8, 4) is 0 Å². The summed E-state index contributed by atoms with van der Waals surface area (Å²) in [6.45, 7) is 1.80. The molecule has 2 heterocycles. The molecule has 1 aliphatic rings. The molecule has 1 aromatic heterocycles. The van der Waals surface area contributed by atoms with Gasteiger partial charge in [-0.25, -0.2) is 13.1 Å². The van der Waals surface area contributed by atoms with Gasteiger partial charge in [-0.3, -0.25) is 4.79 Å². The van der Waals surface area contributed by atoms with E-state index in [9.17, 15) is 13.2 Å². The van der Waals surface area contributed by atoms with Crippen molar-refractivity contribution < 1.29 is 13.2 Å². The summed E-state index contributed by atoms with van der Waals surface area (Å²) in [4.78, 5) is 12.3. The Bertz CT molecular complexity index is 861. The van der Waals surface area contributed by atoms with Gasteiger partial charge in [0, 0.05) is 16.7 Å². The van der Waals surface area contributed by atoms with Gasteiger partial charge in [-0.1, -0.05) is 17.7 Å². The number of aryl methyl sites for hydroxylation is 1. The summed E-state index contributed by atoms with van der Waals surface area (Å²) in [5.74, 6) is 0.385. The summed E-state index contributed by atoms with van der Waals surface area (Å²) < 4.78 is 24.9. The molecule has 1 atom stereocenters. The van der Waals surface area contributed by atoms with Crippen LogP contribution in [0.2, 0.25) is 5.02 Å². The first-order valence-corrected chi connectivity index (χ1v) is 9.37. The Morgan fingerprint density at radius 1 is 1.39 bits per heavy atom. The van der Waals surface area contributed by atoms with Crippen LogP contribution in [0, 0.1) is 6.92 Å². The Morgan fingerprint density at radius 2 is 2.17 bits per heavy atom. The van der Waals surface area contributed by atoms with Crippen molar-refractivity contribution in [2.75, 3.05) is 16.8 Å². The van der Waals surface area contributed by atoms with E-state index in [2.05, 4.69) is 10.4 Å². The number of benzene rings is 1. The maximum atomic E-state index is 12.3. The van der Waals surface area contributed by atoms with Gasteiger partial charge >= 0.3 is 0 Å². The molecule has 23 heavy (non-hydrogen) atoms. The summed E-state index contributed by atoms with van der Waals surface area (Å²) in [6, 6.07) is 8.11. The summed E-state index contributed by atoms with van der Waals surface area (Å²) in [7, 11) is -3.03. The van der Waals surface area contributed by atoms with E-state index in [1.165, 1.54) is 0 Å². The fourth-order valence-corrected chi connectivity index (χ4v) is 4.56. The van der Waals surface area contributed by atoms with Gasteiger partial charge in [0.05, 0.1) is 23.2 Å². The maximum absolute atomic E-state index is 12.3. The number of hydrogen-bond donors (Lipinski definition) is 1. The Labute approximate surface area is 139 Å². The number of carbonyl (C=O) groups excluding carboxylic acids is 1. The minimum Gasteiger partial charge on any atom is -0.307 e. The topological polar surface area (TPSA) is 81.1 Å². The summed E-state index contributed by atoms with van der Waals surface area (Å²) in [5, 5.41) is 7.60. The van der Waals surface area contributed by atoms with Crippen LogP contribution in [0.5, 0.6) is 0 Å². The van der Waals surface area contributed by atoms with Gasteiger partial charge in [-0.05, 0) is 31.5 Å². The van der Waals surface area contributed by atoms with Crippen LogP contribution in [0.4, 0.5) is 5.82 Å². The Balaban J connectivity index is 1.85. The molecule has 0 saturated carbocycles. The van der Waals surface area contributed by atoms with Crippen LogP contribution in [0.1, 0.15) is 28.5 Å². The molecular weight excluding hydrogens is 338 g/mol. The highest BCUT2D eigenvalue weighted by molar-refractivity contribution is 7.91. The first kappa shape index (κ1) is 16.0. The second kappa shape index (κ2) is 5.98. The monoisotopic (exact) mass is 353 g/mol. The highest BCUT2D eigenvalue weighted by Gasteiger charge is 2.31. The molecule has 0 aliphatic carbocycles. The lowest BCUT2D eigenvalue weighted by molar-refractivity contribution is 0.102. The zero-order valence-electron chi connectivity index (χ0n) is 12.5. The molecule has 1 fully saturated rings. The fourth-order valence-electron chi connectivity index (χ4n) is 2.67. The third kappa shape index (κ3) is 3.56. The van der Waals surface area contributed by atoms with Gasteiger partial charge in [0.2, 0.25) is 0 Å². The predicted molar refractivity (Wildman–Crippen MR) is 88.7 cm³/mol. The van der Waals surface area contributed by atoms with E-state index < -0.39 is 9.84 Å². The van der Waals surface area contributed by atoms with Crippen molar-refractivity contribution in [1.82, 2.24) is 9.78 Å². The van der Waals surface area contributed by atoms with E-state index in [1.807, 2.05) is 0 Å². The molecule has 2 aromatic rings. The van der Waals surface area contributed by atoms with Crippen molar-refractivity contribution in [2.24, 2.45) is 0 Å². The molecule has 1 unspecified atom stereocenters. The Morgan fingerprint density at radius 3 is 2.83 bits per heavy atom. The molecule has 1 N–H and O–H groups in total. The van der Waals surface area contributed by atoms with Gasteiger partial charge in [-0.15, -0.1) is 0 Å². The van der Waals surface area contributed by atoms with Crippen molar-refractivity contribution in [2.45, 2.75) is 19.4 Å². The van der Waals surface area contributed by atoms with Gasteiger partial charge in [0.25, 0.3) is 5.91 Å². The SMILES string of the molecule is Cc1cc(NC(=O)c2cccc(Cl)c2)n(C2CCS(=O)(=O)C2)n1. The molecular formula is C15H16ClN3O3S. The van der Waals surface area contributed by atoms with Gasteiger partial charge in [0.1, 0.15) is 5.82 Å². The van der Waals surface area contributed by atoms with E-state index in [-0.39, 0.29) is 23.5 Å². The lowest BCUT2D eigenvalue weighted by atomic mass is 10.2. The second-order valence-corrected chi connectivity index (χ2v) is 8.30. The molecule has 1 aliphatic heterocycles. The van der Waals surface area contributed by atoms with E-state index >= 15 is 0 Å². The normalized spacial score (nSPS) is 19.7. The third-order valence-electron chi connectivity index (χ3n) is 3.74. The molecule has 1 aromatic carbocycles. The van der Waals surface area contributed by atoms with Crippen molar-refractivity contribution in [3.05, 3.63) is 46.6 Å². The standard InChI is InChI=1S/C15H16ClN3O3S/c1-10-7-14(17-15(20)11-3-2-4-12(16)8-11)19(18-10)13-5-6-23(21,22)9-13/h2-4,7-8,13H,5-6,9H2,1H3,(H,17,20). The zero-order chi connectivity index (χ0) is 16.6. The summed E-state index contributed by atoms with van der Waals surface area (Å²) in [5.41, 5.74) is 1.15. The van der Waals surface area contributed by atoms with Crippen LogP contribution in [0.3, 0.4) is 0 Å². The number of amides is 1. The molecule has 1 saturated heterocycles. The first-order valence-electron chi connectivity index (χ1n) is 7.17. The van der Waals surface area contributed by atoms with Gasteiger partial charge < -0.3 is 5.32 Å². The number of nitrogens with one attached hydrogen (secondary N) is 1. The molecule has 122 valence electrons. The number of aromatic nitrogens is 2. The summed E-state index contributed by atoms with van der Waals surface area (Å²) >= 11 is 5.90. The molecule has 8 heteroatoms. The van der Waals surface area contributed by atoms with E-state index in [0.29, 0.717) is 22.8 Å². The third-order valence-corrected chi connectivity index (χ3v) is 5.73. The average molecular weight is 354 g/mol.